The summed E-state index contributed by atoms with van der Waals surface area (Å²) in [6.07, 6.45) is 1.33. The maximum absolute atomic E-state index is 11.0. The number of aliphatic hydroxyl groups excluding tert-OH is 1. The Hall–Kier alpha value is -0.860. The van der Waals surface area contributed by atoms with Gasteiger partial charge in [0.05, 0.1) is 0 Å². The van der Waals surface area contributed by atoms with E-state index in [0.29, 0.717) is 12.8 Å². The maximum atomic E-state index is 11.0. The van der Waals surface area contributed by atoms with E-state index in [0.717, 1.165) is 0 Å². The average Bonchev–Trinajstić information content (AvgIpc) is 2.32. The van der Waals surface area contributed by atoms with E-state index in [1.165, 1.54) is 0 Å². The van der Waals surface area contributed by atoms with E-state index >= 15 is 0 Å². The van der Waals surface area contributed by atoms with Crippen LogP contribution in [0.1, 0.15) is 33.1 Å². The zero-order chi connectivity index (χ0) is 9.35. The molecule has 0 heterocycles. The van der Waals surface area contributed by atoms with E-state index in [1.807, 2.05) is 13.8 Å². The Bertz CT molecular complexity index is 220. The van der Waals surface area contributed by atoms with Crippen LogP contribution in [0.4, 0.5) is 0 Å². The highest BCUT2D eigenvalue weighted by atomic mass is 16.4. The SMILES string of the molecule is CC(C)[C@]1(C(O)=[OH+])CCC(=O)C1. The van der Waals surface area contributed by atoms with Crippen molar-refractivity contribution in [2.45, 2.75) is 33.1 Å². The largest absolute Gasteiger partial charge is 0.487 e. The molecule has 0 radical (unpaired) electrons. The van der Waals surface area contributed by atoms with E-state index in [2.05, 4.69) is 0 Å². The van der Waals surface area contributed by atoms with E-state index < -0.39 is 11.4 Å². The van der Waals surface area contributed by atoms with Crippen LogP contribution in [0.25, 0.3) is 0 Å². The summed E-state index contributed by atoms with van der Waals surface area (Å²) in [7, 11) is 0. The van der Waals surface area contributed by atoms with Gasteiger partial charge in [0.15, 0.2) is 0 Å². The number of ketones is 1. The molecule has 0 spiro atoms. The number of hydrogen-bond acceptors (Lipinski definition) is 1. The van der Waals surface area contributed by atoms with Crippen molar-refractivity contribution in [3.8, 4) is 0 Å². The Kier molecular flexibility index (Phi) is 2.22. The van der Waals surface area contributed by atoms with Crippen LogP contribution in [0.15, 0.2) is 0 Å². The minimum atomic E-state index is -0.656. The first kappa shape index (κ1) is 9.23. The van der Waals surface area contributed by atoms with Crippen molar-refractivity contribution in [3.05, 3.63) is 0 Å². The van der Waals surface area contributed by atoms with Gasteiger partial charge in [0.25, 0.3) is 0 Å². The van der Waals surface area contributed by atoms with E-state index in [1.54, 1.807) is 0 Å². The standard InChI is InChI=1S/C9H14O3/c1-6(2)9(8(11)12)4-3-7(10)5-9/h6H,3-5H2,1-2H3,(H,11,12)/p+1/t9-/m0/s1. The molecular formula is C9H15O3+. The first-order valence-electron chi connectivity index (χ1n) is 4.26. The minimum Gasteiger partial charge on any atom is -0.339 e. The van der Waals surface area contributed by atoms with Gasteiger partial charge in [0, 0.05) is 12.8 Å². The van der Waals surface area contributed by atoms with Crippen LogP contribution in [0, 0.1) is 11.3 Å². The molecule has 2 N–H and O–H groups in total. The number of rotatable bonds is 2. The molecule has 1 aliphatic rings. The minimum absolute atomic E-state index is 0.106. The second kappa shape index (κ2) is 2.88. The lowest BCUT2D eigenvalue weighted by Gasteiger charge is -2.22. The molecule has 0 aromatic carbocycles. The van der Waals surface area contributed by atoms with Crippen LogP contribution in [-0.4, -0.2) is 21.7 Å². The molecule has 1 fully saturated rings. The molecule has 3 nitrogen and oxygen atoms in total. The van der Waals surface area contributed by atoms with Crippen molar-refractivity contribution in [3.63, 3.8) is 0 Å². The molecule has 0 aliphatic heterocycles. The van der Waals surface area contributed by atoms with E-state index in [9.17, 15) is 4.79 Å². The lowest BCUT2D eigenvalue weighted by molar-refractivity contribution is -0.118. The summed E-state index contributed by atoms with van der Waals surface area (Å²) in [5.74, 6) is -0.332. The van der Waals surface area contributed by atoms with Crippen molar-refractivity contribution < 1.29 is 14.7 Å². The van der Waals surface area contributed by atoms with Gasteiger partial charge < -0.3 is 9.90 Å². The van der Waals surface area contributed by atoms with Crippen molar-refractivity contribution >= 4 is 11.8 Å². The van der Waals surface area contributed by atoms with Gasteiger partial charge in [-0.1, -0.05) is 13.8 Å². The summed E-state index contributed by atoms with van der Waals surface area (Å²) >= 11 is 0. The van der Waals surface area contributed by atoms with Gasteiger partial charge in [0.1, 0.15) is 11.2 Å². The van der Waals surface area contributed by atoms with Crippen LogP contribution in [0.2, 0.25) is 0 Å². The van der Waals surface area contributed by atoms with Gasteiger partial charge in [-0.2, -0.15) is 0 Å². The molecule has 0 aromatic rings. The van der Waals surface area contributed by atoms with E-state index in [-0.39, 0.29) is 18.1 Å². The normalized spacial score (nSPS) is 29.8. The van der Waals surface area contributed by atoms with Gasteiger partial charge in [-0.25, -0.2) is 0 Å². The molecule has 0 unspecified atom stereocenters. The summed E-state index contributed by atoms with van der Waals surface area (Å²) < 4.78 is 0. The van der Waals surface area contributed by atoms with Crippen molar-refractivity contribution in [1.82, 2.24) is 0 Å². The highest BCUT2D eigenvalue weighted by Crippen LogP contribution is 2.42. The number of aliphatic carboxylic acids is 1. The third-order valence-electron chi connectivity index (χ3n) is 2.91. The molecule has 1 atom stereocenters. The van der Waals surface area contributed by atoms with Crippen LogP contribution in [0.5, 0.6) is 0 Å². The lowest BCUT2D eigenvalue weighted by Crippen LogP contribution is -2.34. The molecule has 0 amide bonds. The fourth-order valence-corrected chi connectivity index (χ4v) is 1.83. The molecule has 1 rings (SSSR count). The molecule has 0 aromatic heterocycles. The lowest BCUT2D eigenvalue weighted by atomic mass is 9.76. The Morgan fingerprint density at radius 3 is 2.42 bits per heavy atom. The number of hydrogen-bond donors (Lipinski definition) is 1. The average molecular weight is 171 g/mol. The topological polar surface area (TPSA) is 58.7 Å². The first-order valence-corrected chi connectivity index (χ1v) is 4.26. The van der Waals surface area contributed by atoms with Crippen LogP contribution in [-0.2, 0) is 4.79 Å². The summed E-state index contributed by atoms with van der Waals surface area (Å²) in [5.41, 5.74) is -0.656. The fraction of sp³-hybridized carbons (Fsp3) is 0.778. The molecular weight excluding hydrogens is 156 g/mol. The smallest absolute Gasteiger partial charge is 0.339 e. The Labute approximate surface area is 71.8 Å². The first-order chi connectivity index (χ1) is 5.49. The van der Waals surface area contributed by atoms with Crippen molar-refractivity contribution in [1.29, 1.82) is 0 Å². The highest BCUT2D eigenvalue weighted by molar-refractivity contribution is 5.90. The van der Waals surface area contributed by atoms with Crippen molar-refractivity contribution in [2.24, 2.45) is 11.3 Å². The predicted molar refractivity (Wildman–Crippen MR) is 45.7 cm³/mol. The zero-order valence-electron chi connectivity index (χ0n) is 7.50. The van der Waals surface area contributed by atoms with Gasteiger partial charge >= 0.3 is 5.97 Å². The Balaban J connectivity index is 2.89. The zero-order valence-corrected chi connectivity index (χ0v) is 7.50. The highest BCUT2D eigenvalue weighted by Gasteiger charge is 2.51. The monoisotopic (exact) mass is 171 g/mol. The Morgan fingerprint density at radius 1 is 1.67 bits per heavy atom. The Morgan fingerprint density at radius 2 is 2.25 bits per heavy atom. The predicted octanol–water partition coefficient (Wildman–Crippen LogP) is 1.44. The molecule has 0 bridgehead atoms. The second-order valence-corrected chi connectivity index (χ2v) is 3.85. The number of carboxylic acids is 1. The number of Topliss-reactive ketones (excluding diaryl/α,β-unsaturated/α-hetero) is 1. The summed E-state index contributed by atoms with van der Waals surface area (Å²) in [6.45, 7) is 3.82. The number of carbonyl (C=O) groups is 1. The van der Waals surface area contributed by atoms with Crippen LogP contribution < -0.4 is 0 Å². The van der Waals surface area contributed by atoms with Gasteiger partial charge in [-0.3, -0.25) is 4.79 Å². The molecule has 3 heteroatoms. The molecule has 1 saturated carbocycles. The quantitative estimate of drug-likeness (QED) is 0.639. The van der Waals surface area contributed by atoms with Crippen molar-refractivity contribution in [2.75, 3.05) is 0 Å². The van der Waals surface area contributed by atoms with Gasteiger partial charge in [-0.15, -0.1) is 0 Å². The molecule has 0 saturated heterocycles. The molecule has 68 valence electrons. The van der Waals surface area contributed by atoms with Gasteiger partial charge in [-0.05, 0) is 12.3 Å². The number of carboxylic acid groups (broad SMARTS) is 1. The number of carbonyl (C=O) groups excluding carboxylic acids is 1. The third-order valence-corrected chi connectivity index (χ3v) is 2.91. The second-order valence-electron chi connectivity index (χ2n) is 3.85. The van der Waals surface area contributed by atoms with Crippen LogP contribution in [0.3, 0.4) is 0 Å². The molecule has 1 aliphatic carbocycles. The third kappa shape index (κ3) is 1.24. The summed E-state index contributed by atoms with van der Waals surface area (Å²) in [5, 5.41) is 9.11. The summed E-state index contributed by atoms with van der Waals surface area (Å²) in [6, 6.07) is 0. The fourth-order valence-electron chi connectivity index (χ4n) is 1.83. The van der Waals surface area contributed by atoms with Crippen LogP contribution >= 0.6 is 0 Å². The maximum Gasteiger partial charge on any atom is 0.487 e. The molecule has 12 heavy (non-hydrogen) atoms. The van der Waals surface area contributed by atoms with E-state index in [4.69, 9.17) is 9.90 Å². The van der Waals surface area contributed by atoms with Gasteiger partial charge in [0.2, 0.25) is 0 Å². The summed E-state index contributed by atoms with van der Waals surface area (Å²) in [4.78, 5) is 20.1.